The van der Waals surface area contributed by atoms with Gasteiger partial charge in [-0.15, -0.1) is 0 Å². The minimum absolute atomic E-state index is 0. The predicted molar refractivity (Wildman–Crippen MR) is 217 cm³/mol. The van der Waals surface area contributed by atoms with Crippen LogP contribution in [0.25, 0.3) is 0 Å². The van der Waals surface area contributed by atoms with E-state index in [0.717, 1.165) is 26.2 Å². The molecule has 9 nitrogen and oxygen atoms in total. The molecule has 0 aromatic heterocycles. The van der Waals surface area contributed by atoms with Crippen molar-refractivity contribution in [2.24, 2.45) is 0 Å². The van der Waals surface area contributed by atoms with Gasteiger partial charge >= 0.3 is 0 Å². The molecule has 0 saturated heterocycles. The molecule has 0 amide bonds. The predicted octanol–water partition coefficient (Wildman–Crippen LogP) is 4.56. The lowest BCUT2D eigenvalue weighted by Gasteiger charge is -2.32. The Kier molecular flexibility index (Phi) is 32.3. The molecule has 0 atom stereocenters. The van der Waals surface area contributed by atoms with Gasteiger partial charge in [0.2, 0.25) is 0 Å². The van der Waals surface area contributed by atoms with E-state index in [9.17, 15) is 0 Å². The molecule has 292 valence electrons. The van der Waals surface area contributed by atoms with Crippen LogP contribution in [0, 0.1) is 0 Å². The highest BCUT2D eigenvalue weighted by Crippen LogP contribution is 2.02. The molecular weight excluding hydrogens is 594 g/mol. The molecule has 0 aliphatic carbocycles. The lowest BCUT2D eigenvalue weighted by molar-refractivity contribution is 0.148. The molecule has 0 fully saturated rings. The highest BCUT2D eigenvalue weighted by Gasteiger charge is 2.15. The minimum Gasteiger partial charge on any atom is -0.305 e. The maximum Gasteiger partial charge on any atom is 0.0110 e. The van der Waals surface area contributed by atoms with Gasteiger partial charge < -0.3 is 34.3 Å². The summed E-state index contributed by atoms with van der Waals surface area (Å²) in [6, 6.07) is 0. The summed E-state index contributed by atoms with van der Waals surface area (Å²) in [4.78, 5) is 23.5. The van der Waals surface area contributed by atoms with E-state index in [-0.39, 0.29) is 1.43 Å². The number of hydrogen-bond donors (Lipinski definition) is 0. The summed E-state index contributed by atoms with van der Waals surface area (Å²) in [5, 5.41) is 0. The van der Waals surface area contributed by atoms with E-state index in [1.54, 1.807) is 0 Å². The molecule has 9 heteroatoms. The van der Waals surface area contributed by atoms with Gasteiger partial charge in [0.05, 0.1) is 0 Å². The maximum atomic E-state index is 2.74. The van der Waals surface area contributed by atoms with Gasteiger partial charge in [0.15, 0.2) is 0 Å². The first-order valence-corrected chi connectivity index (χ1v) is 20.4. The molecule has 0 bridgehead atoms. The molecule has 0 aromatic rings. The fraction of sp³-hybridized carbons (Fsp3) is 1.00. The van der Waals surface area contributed by atoms with Gasteiger partial charge in [0.25, 0.3) is 0 Å². The summed E-state index contributed by atoms with van der Waals surface area (Å²) in [6.07, 6.45) is 7.39. The second-order valence-electron chi connectivity index (χ2n) is 14.9. The summed E-state index contributed by atoms with van der Waals surface area (Å²) in [5.74, 6) is 0. The highest BCUT2D eigenvalue weighted by molar-refractivity contribution is 4.71. The summed E-state index contributed by atoms with van der Waals surface area (Å²) < 4.78 is 0. The Balaban J connectivity index is 0. The van der Waals surface area contributed by atoms with Gasteiger partial charge in [-0.2, -0.15) is 0 Å². The Hall–Kier alpha value is -0.360. The SMILES string of the molecule is CCCN(C)CCN(CCC)CCN(CCN(C)CCC)CCN(C)CCN(CCC)CCN(CCN(C)CCC)CCN(C)CCC.[HH]. The van der Waals surface area contributed by atoms with Gasteiger partial charge in [-0.25, -0.2) is 0 Å². The fourth-order valence-corrected chi connectivity index (χ4v) is 6.50. The molecule has 0 unspecified atom stereocenters. The van der Waals surface area contributed by atoms with E-state index < -0.39 is 0 Å². The Morgan fingerprint density at radius 1 is 0.208 bits per heavy atom. The zero-order valence-corrected chi connectivity index (χ0v) is 34.8. The third-order valence-corrected chi connectivity index (χ3v) is 9.75. The molecule has 0 aliphatic heterocycles. The standard InChI is InChI=1S/C39H89N9.H2/c1-12-18-40(7)24-30-45(22-16-5)36-39-48(34-27-43(10)21-15-4)35-29-44(11)28-31-46(23-17-6)37-38-47(32-25-41(8)19-13-2)33-26-42(9)20-14-3;/h12-39H2,1-11H3;1H. The van der Waals surface area contributed by atoms with E-state index in [2.05, 4.69) is 121 Å². The first-order valence-electron chi connectivity index (χ1n) is 20.4. The van der Waals surface area contributed by atoms with Crippen LogP contribution < -0.4 is 0 Å². The van der Waals surface area contributed by atoms with Crippen LogP contribution in [-0.4, -0.2) is 223 Å². The Morgan fingerprint density at radius 3 is 0.542 bits per heavy atom. The lowest BCUT2D eigenvalue weighted by Crippen LogP contribution is -2.45. The van der Waals surface area contributed by atoms with E-state index in [0.29, 0.717) is 0 Å². The minimum atomic E-state index is 0. The third-order valence-electron chi connectivity index (χ3n) is 9.75. The Morgan fingerprint density at radius 2 is 0.354 bits per heavy atom. The molecule has 0 aromatic carbocycles. The zero-order chi connectivity index (χ0) is 36.0. The fourth-order valence-electron chi connectivity index (χ4n) is 6.50. The van der Waals surface area contributed by atoms with Crippen molar-refractivity contribution in [3.8, 4) is 0 Å². The number of hydrogen-bond acceptors (Lipinski definition) is 9. The molecule has 0 heterocycles. The molecule has 0 aliphatic rings. The molecule has 0 N–H and O–H groups in total. The second-order valence-corrected chi connectivity index (χ2v) is 14.9. The van der Waals surface area contributed by atoms with Gasteiger partial charge in [0, 0.05) is 106 Å². The van der Waals surface area contributed by atoms with Crippen molar-refractivity contribution in [2.75, 3.05) is 179 Å². The Bertz CT molecular complexity index is 660. The van der Waals surface area contributed by atoms with Crippen LogP contribution in [0.2, 0.25) is 0 Å². The van der Waals surface area contributed by atoms with Crippen LogP contribution in [0.3, 0.4) is 0 Å². The van der Waals surface area contributed by atoms with Crippen molar-refractivity contribution < 1.29 is 1.43 Å². The summed E-state index contributed by atoms with van der Waals surface area (Å²) in [7, 11) is 11.5. The maximum absolute atomic E-state index is 2.74. The van der Waals surface area contributed by atoms with Crippen LogP contribution in [-0.2, 0) is 0 Å². The van der Waals surface area contributed by atoms with Crippen LogP contribution >= 0.6 is 0 Å². The average molecular weight is 686 g/mol. The van der Waals surface area contributed by atoms with Gasteiger partial charge in [-0.3, -0.25) is 9.80 Å². The van der Waals surface area contributed by atoms with Crippen LogP contribution in [0.1, 0.15) is 81.5 Å². The summed E-state index contributed by atoms with van der Waals surface area (Å²) in [6.45, 7) is 39.7. The van der Waals surface area contributed by atoms with Crippen LogP contribution in [0.5, 0.6) is 0 Å². The second kappa shape index (κ2) is 32.5. The quantitative estimate of drug-likeness (QED) is 0.0943. The number of rotatable bonds is 36. The largest absolute Gasteiger partial charge is 0.305 e. The smallest absolute Gasteiger partial charge is 0.0110 e. The molecular formula is C39H91N9. The van der Waals surface area contributed by atoms with E-state index in [1.165, 1.54) is 156 Å². The van der Waals surface area contributed by atoms with Crippen molar-refractivity contribution in [3.63, 3.8) is 0 Å². The van der Waals surface area contributed by atoms with E-state index in [1.807, 2.05) is 0 Å². The first-order chi connectivity index (χ1) is 23.1. The molecule has 0 saturated carbocycles. The van der Waals surface area contributed by atoms with Crippen molar-refractivity contribution in [1.82, 2.24) is 44.1 Å². The van der Waals surface area contributed by atoms with Gasteiger partial charge in [-0.1, -0.05) is 41.5 Å². The summed E-state index contributed by atoms with van der Waals surface area (Å²) in [5.41, 5.74) is 0. The Labute approximate surface area is 304 Å². The third kappa shape index (κ3) is 27.4. The van der Waals surface area contributed by atoms with Gasteiger partial charge in [-0.05, 0) is 113 Å². The van der Waals surface area contributed by atoms with Crippen molar-refractivity contribution in [3.05, 3.63) is 0 Å². The number of nitrogens with zero attached hydrogens (tertiary/aromatic N) is 9. The summed E-state index contributed by atoms with van der Waals surface area (Å²) >= 11 is 0. The lowest BCUT2D eigenvalue weighted by atomic mass is 10.3. The normalized spacial score (nSPS) is 12.8. The average Bonchev–Trinajstić information content (AvgIpc) is 3.05. The number of likely N-dealkylation sites (N-methyl/N-ethyl adjacent to an activating group) is 5. The molecule has 48 heavy (non-hydrogen) atoms. The van der Waals surface area contributed by atoms with E-state index >= 15 is 0 Å². The van der Waals surface area contributed by atoms with Crippen molar-refractivity contribution in [2.45, 2.75) is 80.1 Å². The van der Waals surface area contributed by atoms with Crippen molar-refractivity contribution >= 4 is 0 Å². The molecule has 0 spiro atoms. The van der Waals surface area contributed by atoms with Gasteiger partial charge in [0.1, 0.15) is 0 Å². The van der Waals surface area contributed by atoms with Crippen molar-refractivity contribution in [1.29, 1.82) is 0 Å². The highest BCUT2D eigenvalue weighted by atomic mass is 15.3. The molecule has 0 rings (SSSR count). The topological polar surface area (TPSA) is 29.2 Å². The monoisotopic (exact) mass is 686 g/mol. The molecule has 0 radical (unpaired) electrons. The zero-order valence-electron chi connectivity index (χ0n) is 34.8. The first kappa shape index (κ1) is 47.6. The van der Waals surface area contributed by atoms with Crippen LogP contribution in [0.15, 0.2) is 0 Å². The van der Waals surface area contributed by atoms with Crippen LogP contribution in [0.4, 0.5) is 0 Å². The van der Waals surface area contributed by atoms with E-state index in [4.69, 9.17) is 0 Å².